The maximum atomic E-state index is 5.29. The van der Waals surface area contributed by atoms with Gasteiger partial charge in [-0.05, 0) is 30.9 Å². The molecular weight excluding hydrogens is 336 g/mol. The van der Waals surface area contributed by atoms with E-state index in [0.29, 0.717) is 6.61 Å². The number of benzene rings is 1. The fraction of sp³-hybridized carbons (Fsp3) is 0.545. The predicted molar refractivity (Wildman–Crippen MR) is 111 cm³/mol. The van der Waals surface area contributed by atoms with Crippen LogP contribution in [0.5, 0.6) is 0 Å². The first-order valence-corrected chi connectivity index (χ1v) is 9.91. The summed E-state index contributed by atoms with van der Waals surface area (Å²) in [5.74, 6) is 1.69. The number of nitrogens with one attached hydrogen (secondary N) is 1. The zero-order valence-electron chi connectivity index (χ0n) is 17.1. The Hall–Kier alpha value is -2.14. The molecule has 0 unspecified atom stereocenters. The summed E-state index contributed by atoms with van der Waals surface area (Å²) >= 11 is 0. The van der Waals surface area contributed by atoms with Crippen molar-refractivity contribution < 1.29 is 4.74 Å². The largest absolute Gasteiger partial charge is 0.378 e. The van der Waals surface area contributed by atoms with Gasteiger partial charge in [-0.25, -0.2) is 9.97 Å². The van der Waals surface area contributed by atoms with E-state index in [4.69, 9.17) is 9.72 Å². The molecule has 0 spiro atoms. The van der Waals surface area contributed by atoms with E-state index in [1.165, 1.54) is 30.5 Å². The predicted octanol–water partition coefficient (Wildman–Crippen LogP) is 4.52. The third-order valence-corrected chi connectivity index (χ3v) is 4.89. The van der Waals surface area contributed by atoms with Crippen LogP contribution in [0, 0.1) is 0 Å². The topological polar surface area (TPSA) is 50.3 Å². The molecule has 5 heteroatoms. The summed E-state index contributed by atoms with van der Waals surface area (Å²) in [6.07, 6.45) is 3.90. The average molecular weight is 369 g/mol. The van der Waals surface area contributed by atoms with E-state index in [1.54, 1.807) is 7.11 Å². The van der Waals surface area contributed by atoms with Crippen LogP contribution >= 0.6 is 0 Å². The first-order valence-electron chi connectivity index (χ1n) is 9.91. The van der Waals surface area contributed by atoms with Crippen molar-refractivity contribution in [2.24, 2.45) is 0 Å². The van der Waals surface area contributed by atoms with Crippen LogP contribution in [0.4, 0.5) is 11.5 Å². The van der Waals surface area contributed by atoms with Crippen LogP contribution in [0.2, 0.25) is 0 Å². The molecule has 2 heterocycles. The molecule has 0 bridgehead atoms. The molecule has 0 aliphatic carbocycles. The van der Waals surface area contributed by atoms with Crippen LogP contribution in [-0.2, 0) is 23.3 Å². The molecular formula is C22H32N4O. The molecule has 1 saturated heterocycles. The number of para-hydroxylation sites is 1. The summed E-state index contributed by atoms with van der Waals surface area (Å²) in [7, 11) is 1.70. The number of hydrogen-bond donors (Lipinski definition) is 1. The van der Waals surface area contributed by atoms with Gasteiger partial charge < -0.3 is 15.0 Å². The molecule has 1 aliphatic heterocycles. The Morgan fingerprint density at radius 1 is 1.07 bits per heavy atom. The van der Waals surface area contributed by atoms with E-state index in [9.17, 15) is 0 Å². The fourth-order valence-corrected chi connectivity index (χ4v) is 3.43. The highest BCUT2D eigenvalue weighted by atomic mass is 16.5. The van der Waals surface area contributed by atoms with Gasteiger partial charge in [0.05, 0.1) is 12.3 Å². The maximum Gasteiger partial charge on any atom is 0.136 e. The number of anilines is 2. The summed E-state index contributed by atoms with van der Waals surface area (Å²) < 4.78 is 5.29. The lowest BCUT2D eigenvalue weighted by molar-refractivity contribution is 0.181. The zero-order valence-corrected chi connectivity index (χ0v) is 17.1. The average Bonchev–Trinajstić information content (AvgIpc) is 2.67. The van der Waals surface area contributed by atoms with Crippen LogP contribution in [-0.4, -0.2) is 30.2 Å². The molecule has 0 atom stereocenters. The second-order valence-electron chi connectivity index (χ2n) is 8.28. The van der Waals surface area contributed by atoms with Crippen LogP contribution in [0.3, 0.4) is 0 Å². The number of piperidine rings is 1. The first kappa shape index (κ1) is 19.6. The molecule has 0 saturated carbocycles. The molecule has 1 aromatic carbocycles. The van der Waals surface area contributed by atoms with Gasteiger partial charge in [-0.3, -0.25) is 0 Å². The van der Waals surface area contributed by atoms with Crippen LogP contribution in [0.15, 0.2) is 30.3 Å². The van der Waals surface area contributed by atoms with Crippen molar-refractivity contribution >= 4 is 11.5 Å². The van der Waals surface area contributed by atoms with E-state index < -0.39 is 0 Å². The van der Waals surface area contributed by atoms with Crippen molar-refractivity contribution in [2.75, 3.05) is 30.4 Å². The number of methoxy groups -OCH3 is 1. The van der Waals surface area contributed by atoms with Gasteiger partial charge in [0, 0.05) is 43.9 Å². The molecule has 0 radical (unpaired) electrons. The molecule has 2 aromatic rings. The lowest BCUT2D eigenvalue weighted by Crippen LogP contribution is -2.30. The third kappa shape index (κ3) is 5.19. The monoisotopic (exact) mass is 368 g/mol. The minimum absolute atomic E-state index is 0.105. The third-order valence-electron chi connectivity index (χ3n) is 4.89. The first-order chi connectivity index (χ1) is 13.0. The highest BCUT2D eigenvalue weighted by Crippen LogP contribution is 2.26. The Bertz CT molecular complexity index is 748. The van der Waals surface area contributed by atoms with Crippen LogP contribution in [0.25, 0.3) is 0 Å². The summed E-state index contributed by atoms with van der Waals surface area (Å²) in [4.78, 5) is 11.9. The molecule has 5 nitrogen and oxygen atoms in total. The minimum Gasteiger partial charge on any atom is -0.378 e. The van der Waals surface area contributed by atoms with Gasteiger partial charge in [0.1, 0.15) is 11.6 Å². The van der Waals surface area contributed by atoms with Crippen molar-refractivity contribution in [1.29, 1.82) is 0 Å². The van der Waals surface area contributed by atoms with Crippen molar-refractivity contribution in [3.63, 3.8) is 0 Å². The lowest BCUT2D eigenvalue weighted by atomic mass is 9.95. The van der Waals surface area contributed by atoms with E-state index in [1.807, 2.05) is 6.07 Å². The fourth-order valence-electron chi connectivity index (χ4n) is 3.43. The quantitative estimate of drug-likeness (QED) is 0.812. The number of ether oxygens (including phenoxy) is 1. The minimum atomic E-state index is -0.105. The summed E-state index contributed by atoms with van der Waals surface area (Å²) in [5, 5.41) is 3.52. The smallest absolute Gasteiger partial charge is 0.136 e. The van der Waals surface area contributed by atoms with Gasteiger partial charge in [-0.2, -0.15) is 0 Å². The summed E-state index contributed by atoms with van der Waals surface area (Å²) in [5.41, 5.74) is 3.45. The highest BCUT2D eigenvalue weighted by molar-refractivity contribution is 5.55. The molecule has 146 valence electrons. The van der Waals surface area contributed by atoms with Gasteiger partial charge in [0.15, 0.2) is 0 Å². The van der Waals surface area contributed by atoms with E-state index >= 15 is 0 Å². The Morgan fingerprint density at radius 2 is 1.81 bits per heavy atom. The molecule has 1 aliphatic rings. The van der Waals surface area contributed by atoms with E-state index in [2.05, 4.69) is 60.2 Å². The highest BCUT2D eigenvalue weighted by Gasteiger charge is 2.19. The lowest BCUT2D eigenvalue weighted by Gasteiger charge is -2.30. The van der Waals surface area contributed by atoms with Crippen LogP contribution < -0.4 is 10.2 Å². The molecule has 1 fully saturated rings. The molecule has 3 rings (SSSR count). The second-order valence-corrected chi connectivity index (χ2v) is 8.28. The SMILES string of the molecule is COCc1cc(NCc2ccccc2N2CCCCC2)nc(C(C)(C)C)n1. The molecule has 1 N–H and O–H groups in total. The van der Waals surface area contributed by atoms with Gasteiger partial charge >= 0.3 is 0 Å². The number of hydrogen-bond acceptors (Lipinski definition) is 5. The Kier molecular flexibility index (Phi) is 6.32. The van der Waals surface area contributed by atoms with Gasteiger partial charge in [0.2, 0.25) is 0 Å². The van der Waals surface area contributed by atoms with Gasteiger partial charge in [-0.15, -0.1) is 0 Å². The number of nitrogens with zero attached hydrogens (tertiary/aromatic N) is 3. The molecule has 0 amide bonds. The van der Waals surface area contributed by atoms with E-state index in [0.717, 1.165) is 37.0 Å². The van der Waals surface area contributed by atoms with Crippen molar-refractivity contribution in [3.8, 4) is 0 Å². The van der Waals surface area contributed by atoms with E-state index in [-0.39, 0.29) is 5.41 Å². The van der Waals surface area contributed by atoms with Gasteiger partial charge in [-0.1, -0.05) is 39.0 Å². The molecule has 27 heavy (non-hydrogen) atoms. The summed E-state index contributed by atoms with van der Waals surface area (Å²) in [6, 6.07) is 10.7. The van der Waals surface area contributed by atoms with Crippen LogP contribution in [0.1, 0.15) is 57.1 Å². The Morgan fingerprint density at radius 3 is 2.52 bits per heavy atom. The number of rotatable bonds is 6. The van der Waals surface area contributed by atoms with Gasteiger partial charge in [0.25, 0.3) is 0 Å². The standard InChI is InChI=1S/C22H32N4O/c1-22(2,3)21-24-18(16-27-4)14-20(25-21)23-15-17-10-6-7-11-19(17)26-12-8-5-9-13-26/h6-7,10-11,14H,5,8-9,12-13,15-16H2,1-4H3,(H,23,24,25). The maximum absolute atomic E-state index is 5.29. The second kappa shape index (κ2) is 8.70. The zero-order chi connectivity index (χ0) is 19.3. The normalized spacial score (nSPS) is 15.0. The molecule has 1 aromatic heterocycles. The number of aromatic nitrogens is 2. The Balaban J connectivity index is 1.79. The van der Waals surface area contributed by atoms with Crippen molar-refractivity contribution in [3.05, 3.63) is 47.4 Å². The van der Waals surface area contributed by atoms with Crippen molar-refractivity contribution in [1.82, 2.24) is 9.97 Å². The Labute approximate surface area is 163 Å². The summed E-state index contributed by atoms with van der Waals surface area (Å²) in [6.45, 7) is 9.94. The van der Waals surface area contributed by atoms with Crippen molar-refractivity contribution in [2.45, 2.75) is 58.6 Å².